The van der Waals surface area contributed by atoms with Gasteiger partial charge in [-0.25, -0.2) is 0 Å². The first-order valence-electron chi connectivity index (χ1n) is 3.57. The van der Waals surface area contributed by atoms with Gasteiger partial charge in [0.05, 0.1) is 12.4 Å². The van der Waals surface area contributed by atoms with E-state index in [4.69, 9.17) is 4.74 Å². The highest BCUT2D eigenvalue weighted by Crippen LogP contribution is 2.10. The lowest BCUT2D eigenvalue weighted by Gasteiger charge is -2.19. The van der Waals surface area contributed by atoms with Crippen LogP contribution in [-0.2, 0) is 4.74 Å². The zero-order valence-corrected chi connectivity index (χ0v) is 7.70. The normalized spacial score (nSPS) is 24.7. The molecule has 62 valence electrons. The van der Waals surface area contributed by atoms with Crippen LogP contribution in [0.3, 0.4) is 0 Å². The summed E-state index contributed by atoms with van der Waals surface area (Å²) in [4.78, 5) is 0. The van der Waals surface area contributed by atoms with Crippen molar-refractivity contribution in [2.24, 2.45) is 0 Å². The van der Waals surface area contributed by atoms with Gasteiger partial charge in [0.25, 0.3) is 0 Å². The Kier molecular flexibility index (Phi) is 3.66. The van der Waals surface area contributed by atoms with Crippen LogP contribution in [0.4, 0.5) is 0 Å². The molecule has 1 rings (SSSR count). The molecule has 0 radical (unpaired) electrons. The SMILES string of the molecule is OC(CCBr)C1C=CC=CO1. The number of aliphatic hydroxyl groups excluding tert-OH is 1. The number of hydrogen-bond acceptors (Lipinski definition) is 2. The molecule has 2 unspecified atom stereocenters. The van der Waals surface area contributed by atoms with Crippen molar-refractivity contribution in [2.75, 3.05) is 5.33 Å². The Labute approximate surface area is 74.7 Å². The van der Waals surface area contributed by atoms with Crippen LogP contribution in [0.1, 0.15) is 6.42 Å². The van der Waals surface area contributed by atoms with Crippen molar-refractivity contribution in [3.05, 3.63) is 24.5 Å². The lowest BCUT2D eigenvalue weighted by molar-refractivity contribution is 0.0348. The molecule has 1 aliphatic rings. The van der Waals surface area contributed by atoms with E-state index in [1.165, 1.54) is 0 Å². The zero-order valence-electron chi connectivity index (χ0n) is 6.11. The maximum atomic E-state index is 9.43. The lowest BCUT2D eigenvalue weighted by Crippen LogP contribution is -2.26. The van der Waals surface area contributed by atoms with Gasteiger partial charge in [0.15, 0.2) is 0 Å². The summed E-state index contributed by atoms with van der Waals surface area (Å²) < 4.78 is 5.15. The van der Waals surface area contributed by atoms with Crippen LogP contribution >= 0.6 is 15.9 Å². The first-order valence-corrected chi connectivity index (χ1v) is 4.69. The van der Waals surface area contributed by atoms with Crippen molar-refractivity contribution in [2.45, 2.75) is 18.6 Å². The van der Waals surface area contributed by atoms with E-state index in [0.717, 1.165) is 5.33 Å². The molecule has 0 aromatic carbocycles. The third-order valence-electron chi connectivity index (χ3n) is 1.51. The van der Waals surface area contributed by atoms with Crippen molar-refractivity contribution in [3.8, 4) is 0 Å². The summed E-state index contributed by atoms with van der Waals surface area (Å²) in [7, 11) is 0. The molecular weight excluding hydrogens is 208 g/mol. The summed E-state index contributed by atoms with van der Waals surface area (Å²) in [5.41, 5.74) is 0. The standard InChI is InChI=1S/C8H11BrO2/c9-5-4-7(10)8-3-1-2-6-11-8/h1-3,6-8,10H,4-5H2. The van der Waals surface area contributed by atoms with Crippen molar-refractivity contribution in [3.63, 3.8) is 0 Å². The second-order valence-electron chi connectivity index (χ2n) is 2.36. The molecule has 0 amide bonds. The van der Waals surface area contributed by atoms with Crippen molar-refractivity contribution in [1.29, 1.82) is 0 Å². The summed E-state index contributed by atoms with van der Waals surface area (Å²) in [6.07, 6.45) is 7.27. The fourth-order valence-electron chi connectivity index (χ4n) is 0.895. The molecule has 0 spiro atoms. The van der Waals surface area contributed by atoms with Gasteiger partial charge >= 0.3 is 0 Å². The van der Waals surface area contributed by atoms with E-state index in [0.29, 0.717) is 6.42 Å². The number of allylic oxidation sites excluding steroid dienone is 2. The molecule has 0 aliphatic carbocycles. The molecule has 0 aromatic rings. The molecule has 1 heterocycles. The molecule has 3 heteroatoms. The number of aliphatic hydroxyl groups is 1. The fourth-order valence-corrected chi connectivity index (χ4v) is 1.36. The van der Waals surface area contributed by atoms with Crippen LogP contribution < -0.4 is 0 Å². The van der Waals surface area contributed by atoms with E-state index < -0.39 is 6.10 Å². The quantitative estimate of drug-likeness (QED) is 0.730. The Morgan fingerprint density at radius 2 is 2.36 bits per heavy atom. The minimum Gasteiger partial charge on any atom is -0.491 e. The highest BCUT2D eigenvalue weighted by atomic mass is 79.9. The van der Waals surface area contributed by atoms with Gasteiger partial charge in [0.2, 0.25) is 0 Å². The second-order valence-corrected chi connectivity index (χ2v) is 3.15. The highest BCUT2D eigenvalue weighted by Gasteiger charge is 2.16. The van der Waals surface area contributed by atoms with E-state index >= 15 is 0 Å². The van der Waals surface area contributed by atoms with E-state index in [9.17, 15) is 5.11 Å². The minimum atomic E-state index is -0.407. The van der Waals surface area contributed by atoms with Gasteiger partial charge in [0.1, 0.15) is 6.10 Å². The second kappa shape index (κ2) is 4.57. The van der Waals surface area contributed by atoms with Gasteiger partial charge in [-0.2, -0.15) is 0 Å². The number of rotatable bonds is 3. The Morgan fingerprint density at radius 1 is 1.55 bits per heavy atom. The third kappa shape index (κ3) is 2.67. The number of alkyl halides is 1. The summed E-state index contributed by atoms with van der Waals surface area (Å²) >= 11 is 3.26. The summed E-state index contributed by atoms with van der Waals surface area (Å²) in [6, 6.07) is 0. The Balaban J connectivity index is 2.35. The summed E-state index contributed by atoms with van der Waals surface area (Å²) in [5, 5.41) is 10.2. The molecular formula is C8H11BrO2. The van der Waals surface area contributed by atoms with Crippen molar-refractivity contribution >= 4 is 15.9 Å². The fraction of sp³-hybridized carbons (Fsp3) is 0.500. The monoisotopic (exact) mass is 218 g/mol. The van der Waals surface area contributed by atoms with Gasteiger partial charge in [-0.1, -0.05) is 22.0 Å². The van der Waals surface area contributed by atoms with E-state index in [1.54, 1.807) is 12.3 Å². The molecule has 1 aliphatic heterocycles. The van der Waals surface area contributed by atoms with E-state index in [1.807, 2.05) is 12.2 Å². The van der Waals surface area contributed by atoms with Crippen LogP contribution in [0.25, 0.3) is 0 Å². The third-order valence-corrected chi connectivity index (χ3v) is 1.97. The van der Waals surface area contributed by atoms with Crippen LogP contribution in [-0.4, -0.2) is 22.6 Å². The van der Waals surface area contributed by atoms with Crippen molar-refractivity contribution in [1.82, 2.24) is 0 Å². The Morgan fingerprint density at radius 3 is 2.91 bits per heavy atom. The molecule has 1 N–H and O–H groups in total. The first kappa shape index (κ1) is 8.81. The van der Waals surface area contributed by atoms with Gasteiger partial charge in [0, 0.05) is 5.33 Å². The number of hydrogen-bond donors (Lipinski definition) is 1. The molecule has 2 nitrogen and oxygen atoms in total. The maximum Gasteiger partial charge on any atom is 0.142 e. The van der Waals surface area contributed by atoms with Gasteiger partial charge in [-0.3, -0.25) is 0 Å². The van der Waals surface area contributed by atoms with Gasteiger partial charge in [-0.05, 0) is 18.6 Å². The molecule has 11 heavy (non-hydrogen) atoms. The van der Waals surface area contributed by atoms with Gasteiger partial charge in [-0.15, -0.1) is 0 Å². The smallest absolute Gasteiger partial charge is 0.142 e. The van der Waals surface area contributed by atoms with Crippen LogP contribution in [0.2, 0.25) is 0 Å². The molecule has 0 saturated heterocycles. The number of halogens is 1. The number of ether oxygens (including phenoxy) is 1. The maximum absolute atomic E-state index is 9.43. The summed E-state index contributed by atoms with van der Waals surface area (Å²) in [6.45, 7) is 0. The van der Waals surface area contributed by atoms with Crippen LogP contribution in [0.5, 0.6) is 0 Å². The minimum absolute atomic E-state index is 0.169. The van der Waals surface area contributed by atoms with Crippen molar-refractivity contribution < 1.29 is 9.84 Å². The predicted octanol–water partition coefficient (Wildman–Crippen LogP) is 1.60. The van der Waals surface area contributed by atoms with Crippen LogP contribution in [0.15, 0.2) is 24.5 Å². The Bertz CT molecular complexity index is 165. The van der Waals surface area contributed by atoms with Gasteiger partial charge < -0.3 is 9.84 Å². The van der Waals surface area contributed by atoms with Crippen LogP contribution in [0, 0.1) is 0 Å². The topological polar surface area (TPSA) is 29.5 Å². The molecule has 0 aromatic heterocycles. The first-order chi connectivity index (χ1) is 5.34. The highest BCUT2D eigenvalue weighted by molar-refractivity contribution is 9.09. The Hall–Kier alpha value is -0.280. The largest absolute Gasteiger partial charge is 0.491 e. The van der Waals surface area contributed by atoms with E-state index in [-0.39, 0.29) is 6.10 Å². The summed E-state index contributed by atoms with van der Waals surface area (Å²) in [5.74, 6) is 0. The average Bonchev–Trinajstić information content (AvgIpc) is 2.07. The zero-order chi connectivity index (χ0) is 8.10. The molecule has 0 saturated carbocycles. The molecule has 0 bridgehead atoms. The molecule has 0 fully saturated rings. The molecule has 2 atom stereocenters. The van der Waals surface area contributed by atoms with E-state index in [2.05, 4.69) is 15.9 Å². The lowest BCUT2D eigenvalue weighted by atomic mass is 10.1. The predicted molar refractivity (Wildman–Crippen MR) is 47.6 cm³/mol. The average molecular weight is 219 g/mol.